The first-order chi connectivity index (χ1) is 11.5. The van der Waals surface area contributed by atoms with E-state index in [0.29, 0.717) is 6.42 Å². The third-order valence-electron chi connectivity index (χ3n) is 5.41. The summed E-state index contributed by atoms with van der Waals surface area (Å²) in [5.74, 6) is -0.292. The number of ketones is 2. The van der Waals surface area contributed by atoms with Gasteiger partial charge in [0.25, 0.3) is 0 Å². The molecule has 120 valence electrons. The maximum Gasteiger partial charge on any atom is 0.155 e. The molecule has 0 bridgehead atoms. The highest BCUT2D eigenvalue weighted by Gasteiger charge is 2.56. The monoisotopic (exact) mass is 462 g/mol. The van der Waals surface area contributed by atoms with Gasteiger partial charge in [-0.05, 0) is 53.4 Å². The molecule has 0 spiro atoms. The van der Waals surface area contributed by atoms with E-state index in [2.05, 4.69) is 31.9 Å². The van der Waals surface area contributed by atoms with Crippen LogP contribution in [0, 0.1) is 5.92 Å². The molecule has 2 aromatic rings. The number of fused-ring (bicyclic) bond motifs is 6. The van der Waals surface area contributed by atoms with Crippen molar-refractivity contribution >= 4 is 55.2 Å². The van der Waals surface area contributed by atoms with E-state index in [0.717, 1.165) is 30.5 Å². The maximum atomic E-state index is 13.3. The topological polar surface area (TPSA) is 34.1 Å². The first-order valence-corrected chi connectivity index (χ1v) is 10.3. The molecular weight excluding hydrogens is 452 g/mol. The normalized spacial score (nSPS) is 29.9. The summed E-state index contributed by atoms with van der Waals surface area (Å²) in [6.07, 6.45) is 0.690. The minimum Gasteiger partial charge on any atom is -0.299 e. The SMILES string of the molecule is O=C1C2Sc3ccc(Br)cc3C2C(=O)C2Cc3ccc(Br)cc3C12. The quantitative estimate of drug-likeness (QED) is 0.558. The van der Waals surface area contributed by atoms with Crippen molar-refractivity contribution in [1.29, 1.82) is 0 Å². The van der Waals surface area contributed by atoms with Crippen LogP contribution >= 0.6 is 43.6 Å². The van der Waals surface area contributed by atoms with Crippen LogP contribution in [-0.2, 0) is 16.0 Å². The largest absolute Gasteiger partial charge is 0.299 e. The molecular formula is C19H12Br2O2S. The number of hydrogen-bond donors (Lipinski definition) is 0. The van der Waals surface area contributed by atoms with Crippen LogP contribution in [-0.4, -0.2) is 16.8 Å². The van der Waals surface area contributed by atoms with Crippen molar-refractivity contribution < 1.29 is 9.59 Å². The minimum absolute atomic E-state index is 0.200. The second kappa shape index (κ2) is 5.29. The summed E-state index contributed by atoms with van der Waals surface area (Å²) in [5.41, 5.74) is 3.21. The molecule has 4 atom stereocenters. The standard InChI is InChI=1S/C19H12Br2O2S/c20-9-2-1-8-5-13-15(11(8)6-9)18(23)19-16(17(13)22)12-7-10(21)3-4-14(12)24-19/h1-4,6-7,13,15-16,19H,5H2. The Bertz CT molecular complexity index is 848. The van der Waals surface area contributed by atoms with E-state index >= 15 is 0 Å². The Morgan fingerprint density at radius 1 is 0.875 bits per heavy atom. The van der Waals surface area contributed by atoms with Crippen molar-refractivity contribution in [2.24, 2.45) is 5.92 Å². The first kappa shape index (κ1) is 15.4. The second-order valence-corrected chi connectivity index (χ2v) is 9.65. The van der Waals surface area contributed by atoms with Crippen LogP contribution in [0.5, 0.6) is 0 Å². The molecule has 0 radical (unpaired) electrons. The number of hydrogen-bond acceptors (Lipinski definition) is 3. The molecule has 1 heterocycles. The van der Waals surface area contributed by atoms with Crippen LogP contribution in [0.25, 0.3) is 0 Å². The Morgan fingerprint density at radius 3 is 2.38 bits per heavy atom. The van der Waals surface area contributed by atoms with Gasteiger partial charge in [0.05, 0.1) is 17.1 Å². The molecule has 1 saturated carbocycles. The molecule has 3 aliphatic rings. The predicted molar refractivity (Wildman–Crippen MR) is 101 cm³/mol. The lowest BCUT2D eigenvalue weighted by atomic mass is 9.70. The fraction of sp³-hybridized carbons (Fsp3) is 0.263. The number of Topliss-reactive ketones (excluding diaryl/α,β-unsaturated/α-hetero) is 2. The zero-order valence-corrected chi connectivity index (χ0v) is 16.4. The number of thioether (sulfide) groups is 1. The van der Waals surface area contributed by atoms with Crippen molar-refractivity contribution in [3.05, 3.63) is 62.0 Å². The maximum absolute atomic E-state index is 13.3. The Balaban J connectivity index is 1.63. The zero-order chi connectivity index (χ0) is 16.6. The number of rotatable bonds is 0. The van der Waals surface area contributed by atoms with Crippen molar-refractivity contribution in [2.45, 2.75) is 28.4 Å². The number of halogens is 2. The summed E-state index contributed by atoms with van der Waals surface area (Å²) < 4.78 is 1.93. The van der Waals surface area contributed by atoms with Crippen LogP contribution in [0.2, 0.25) is 0 Å². The highest BCUT2D eigenvalue weighted by Crippen LogP contribution is 2.56. The molecule has 4 unspecified atom stereocenters. The Morgan fingerprint density at radius 2 is 1.58 bits per heavy atom. The second-order valence-electron chi connectivity index (χ2n) is 6.63. The Kier molecular flexibility index (Phi) is 3.39. The van der Waals surface area contributed by atoms with Crippen LogP contribution in [0.15, 0.2) is 50.2 Å². The van der Waals surface area contributed by atoms with Gasteiger partial charge in [0, 0.05) is 19.8 Å². The molecule has 24 heavy (non-hydrogen) atoms. The summed E-state index contributed by atoms with van der Waals surface area (Å²) in [6, 6.07) is 12.1. The fourth-order valence-electron chi connectivity index (χ4n) is 4.40. The highest BCUT2D eigenvalue weighted by atomic mass is 79.9. The van der Waals surface area contributed by atoms with Gasteiger partial charge in [0.2, 0.25) is 0 Å². The van der Waals surface area contributed by atoms with Crippen LogP contribution in [0.4, 0.5) is 0 Å². The molecule has 0 N–H and O–H groups in total. The molecule has 0 aromatic heterocycles. The Labute approximate surface area is 160 Å². The molecule has 1 aliphatic heterocycles. The van der Waals surface area contributed by atoms with Gasteiger partial charge in [-0.3, -0.25) is 9.59 Å². The summed E-state index contributed by atoms with van der Waals surface area (Å²) in [7, 11) is 0. The summed E-state index contributed by atoms with van der Waals surface area (Å²) in [4.78, 5) is 27.6. The zero-order valence-electron chi connectivity index (χ0n) is 12.5. The molecule has 5 rings (SSSR count). The first-order valence-electron chi connectivity index (χ1n) is 7.86. The van der Waals surface area contributed by atoms with E-state index in [-0.39, 0.29) is 34.6 Å². The molecule has 1 fully saturated rings. The third kappa shape index (κ3) is 2.01. The Hall–Kier alpha value is -0.910. The van der Waals surface area contributed by atoms with Crippen molar-refractivity contribution in [2.75, 3.05) is 0 Å². The third-order valence-corrected chi connectivity index (χ3v) is 7.78. The lowest BCUT2D eigenvalue weighted by molar-refractivity contribution is -0.135. The smallest absolute Gasteiger partial charge is 0.155 e. The van der Waals surface area contributed by atoms with Gasteiger partial charge in [-0.1, -0.05) is 37.9 Å². The van der Waals surface area contributed by atoms with Gasteiger partial charge in [0.15, 0.2) is 5.78 Å². The van der Waals surface area contributed by atoms with Gasteiger partial charge >= 0.3 is 0 Å². The van der Waals surface area contributed by atoms with Gasteiger partial charge in [-0.2, -0.15) is 0 Å². The van der Waals surface area contributed by atoms with Crippen LogP contribution < -0.4 is 0 Å². The van der Waals surface area contributed by atoms with Crippen LogP contribution in [0.3, 0.4) is 0 Å². The lowest BCUT2D eigenvalue weighted by Gasteiger charge is -2.32. The molecule has 2 nitrogen and oxygen atoms in total. The van der Waals surface area contributed by atoms with E-state index in [1.54, 1.807) is 11.8 Å². The van der Waals surface area contributed by atoms with Crippen LogP contribution in [0.1, 0.15) is 28.5 Å². The number of carbonyl (C=O) groups is 2. The molecule has 0 amide bonds. The van der Waals surface area contributed by atoms with Gasteiger partial charge in [0.1, 0.15) is 5.78 Å². The molecule has 0 saturated heterocycles. The van der Waals surface area contributed by atoms with E-state index in [1.165, 1.54) is 0 Å². The van der Waals surface area contributed by atoms with E-state index in [1.807, 2.05) is 36.4 Å². The average Bonchev–Trinajstić information content (AvgIpc) is 3.11. The van der Waals surface area contributed by atoms with Crippen molar-refractivity contribution in [3.8, 4) is 0 Å². The highest BCUT2D eigenvalue weighted by molar-refractivity contribution is 9.10. The molecule has 2 aromatic carbocycles. The lowest BCUT2D eigenvalue weighted by Crippen LogP contribution is -2.43. The summed E-state index contributed by atoms with van der Waals surface area (Å²) in [5, 5.41) is -0.270. The summed E-state index contributed by atoms with van der Waals surface area (Å²) >= 11 is 8.56. The van der Waals surface area contributed by atoms with Gasteiger partial charge in [-0.25, -0.2) is 0 Å². The van der Waals surface area contributed by atoms with Crippen molar-refractivity contribution in [1.82, 2.24) is 0 Å². The van der Waals surface area contributed by atoms with Crippen molar-refractivity contribution in [3.63, 3.8) is 0 Å². The minimum atomic E-state index is -0.283. The average molecular weight is 464 g/mol. The van der Waals surface area contributed by atoms with E-state index < -0.39 is 0 Å². The molecule has 2 aliphatic carbocycles. The fourth-order valence-corrected chi connectivity index (χ4v) is 6.58. The van der Waals surface area contributed by atoms with E-state index in [9.17, 15) is 9.59 Å². The van der Waals surface area contributed by atoms with Gasteiger partial charge in [-0.15, -0.1) is 11.8 Å². The molecule has 5 heteroatoms. The summed E-state index contributed by atoms with van der Waals surface area (Å²) in [6.45, 7) is 0. The number of benzene rings is 2. The van der Waals surface area contributed by atoms with E-state index in [4.69, 9.17) is 0 Å². The predicted octanol–water partition coefficient (Wildman–Crippen LogP) is 4.88. The van der Waals surface area contributed by atoms with Gasteiger partial charge < -0.3 is 0 Å². The number of carbonyl (C=O) groups excluding carboxylic acids is 2.